The van der Waals surface area contributed by atoms with Gasteiger partial charge in [0.25, 0.3) is 0 Å². The molecule has 0 aromatic heterocycles. The Bertz CT molecular complexity index is 222. The van der Waals surface area contributed by atoms with E-state index in [2.05, 4.69) is 10.6 Å². The predicted molar refractivity (Wildman–Crippen MR) is 59.7 cm³/mol. The second-order valence-corrected chi connectivity index (χ2v) is 4.44. The van der Waals surface area contributed by atoms with Crippen molar-refractivity contribution in [2.75, 3.05) is 25.4 Å². The van der Waals surface area contributed by atoms with Gasteiger partial charge in [-0.1, -0.05) is 0 Å². The molecule has 8 heteroatoms. The van der Waals surface area contributed by atoms with Crippen molar-refractivity contribution < 1.29 is 18.0 Å². The van der Waals surface area contributed by atoms with Crippen LogP contribution in [0.4, 0.5) is 13.2 Å². The molecule has 0 spiro atoms. The largest absolute Gasteiger partial charge is 0.442 e. The molecule has 1 heterocycles. The van der Waals surface area contributed by atoms with Crippen LogP contribution in [-0.4, -0.2) is 36.8 Å². The third kappa shape index (κ3) is 7.19. The molecule has 2 N–H and O–H groups in total. The van der Waals surface area contributed by atoms with Crippen molar-refractivity contribution in [2.45, 2.75) is 11.9 Å². The average Bonchev–Trinajstić information content (AvgIpc) is 2.62. The maximum absolute atomic E-state index is 11.7. The maximum atomic E-state index is 11.7. The van der Waals surface area contributed by atoms with E-state index in [0.29, 0.717) is 12.5 Å². The number of halogens is 4. The molecule has 0 bridgehead atoms. The van der Waals surface area contributed by atoms with Crippen LogP contribution in [0.25, 0.3) is 0 Å². The van der Waals surface area contributed by atoms with E-state index in [1.165, 1.54) is 0 Å². The van der Waals surface area contributed by atoms with Gasteiger partial charge in [-0.3, -0.25) is 4.79 Å². The second kappa shape index (κ2) is 7.24. The summed E-state index contributed by atoms with van der Waals surface area (Å²) in [5.74, 6) is -0.752. The van der Waals surface area contributed by atoms with Gasteiger partial charge in [0.05, 0.1) is 5.75 Å². The summed E-state index contributed by atoms with van der Waals surface area (Å²) < 4.78 is 35.2. The quantitative estimate of drug-likeness (QED) is 0.816. The third-order valence-corrected chi connectivity index (χ3v) is 2.85. The minimum atomic E-state index is -4.33. The summed E-state index contributed by atoms with van der Waals surface area (Å²) in [6.45, 7) is 2.20. The summed E-state index contributed by atoms with van der Waals surface area (Å²) in [5, 5.41) is 5.61. The Hall–Kier alpha value is -0.140. The van der Waals surface area contributed by atoms with Gasteiger partial charge in [0.1, 0.15) is 0 Å². The Labute approximate surface area is 102 Å². The van der Waals surface area contributed by atoms with Crippen LogP contribution in [0.3, 0.4) is 0 Å². The molecule has 96 valence electrons. The third-order valence-electron chi connectivity index (χ3n) is 2.12. The van der Waals surface area contributed by atoms with Gasteiger partial charge in [0.2, 0.25) is 5.91 Å². The first-order chi connectivity index (χ1) is 6.97. The highest BCUT2D eigenvalue weighted by molar-refractivity contribution is 8.00. The van der Waals surface area contributed by atoms with Crippen LogP contribution < -0.4 is 10.6 Å². The van der Waals surface area contributed by atoms with Crippen LogP contribution in [0.15, 0.2) is 0 Å². The van der Waals surface area contributed by atoms with E-state index >= 15 is 0 Å². The number of rotatable bonds is 4. The molecule has 1 atom stereocenters. The first-order valence-electron chi connectivity index (χ1n) is 4.65. The van der Waals surface area contributed by atoms with Crippen LogP contribution in [0.5, 0.6) is 0 Å². The Kier molecular flexibility index (Phi) is 7.17. The van der Waals surface area contributed by atoms with Crippen molar-refractivity contribution in [2.24, 2.45) is 5.92 Å². The van der Waals surface area contributed by atoms with E-state index in [-0.39, 0.29) is 24.2 Å². The van der Waals surface area contributed by atoms with Crippen LogP contribution in [0.2, 0.25) is 0 Å². The lowest BCUT2D eigenvalue weighted by atomic mass is 10.1. The van der Waals surface area contributed by atoms with Gasteiger partial charge >= 0.3 is 5.51 Å². The molecule has 0 aromatic carbocycles. The number of thioether (sulfide) groups is 1. The fourth-order valence-corrected chi connectivity index (χ4v) is 1.74. The standard InChI is InChI=1S/C8H13F3N2OS.ClH/c9-8(10,11)15-5-7(14)13-4-6-1-2-12-3-6;/h6,12H,1-5H2,(H,13,14);1H. The molecule has 16 heavy (non-hydrogen) atoms. The zero-order valence-corrected chi connectivity index (χ0v) is 10.1. The van der Waals surface area contributed by atoms with Crippen LogP contribution in [0.1, 0.15) is 6.42 Å². The lowest BCUT2D eigenvalue weighted by molar-refractivity contribution is -0.119. The zero-order valence-electron chi connectivity index (χ0n) is 8.47. The zero-order chi connectivity index (χ0) is 11.3. The molecule has 0 aliphatic carbocycles. The Morgan fingerprint density at radius 3 is 2.69 bits per heavy atom. The highest BCUT2D eigenvalue weighted by atomic mass is 35.5. The molecule has 1 rings (SSSR count). The average molecular weight is 279 g/mol. The Balaban J connectivity index is 0.00000225. The number of amides is 1. The number of carbonyl (C=O) groups excluding carboxylic acids is 1. The molecule has 1 amide bonds. The molecule has 1 unspecified atom stereocenters. The van der Waals surface area contributed by atoms with Crippen molar-refractivity contribution in [1.82, 2.24) is 10.6 Å². The molecule has 1 aliphatic heterocycles. The SMILES string of the molecule is Cl.O=C(CSC(F)(F)F)NCC1CCNC1. The van der Waals surface area contributed by atoms with E-state index in [1.54, 1.807) is 0 Å². The van der Waals surface area contributed by atoms with Gasteiger partial charge in [0, 0.05) is 6.54 Å². The Morgan fingerprint density at radius 1 is 1.50 bits per heavy atom. The van der Waals surface area contributed by atoms with Gasteiger partial charge in [-0.05, 0) is 37.2 Å². The summed E-state index contributed by atoms with van der Waals surface area (Å²) in [4.78, 5) is 11.0. The lowest BCUT2D eigenvalue weighted by Gasteiger charge is -2.10. The second-order valence-electron chi connectivity index (χ2n) is 3.40. The molecule has 0 radical (unpaired) electrons. The summed E-state index contributed by atoms with van der Waals surface area (Å²) in [5.41, 5.74) is -4.33. The van der Waals surface area contributed by atoms with Crippen molar-refractivity contribution in [3.63, 3.8) is 0 Å². The van der Waals surface area contributed by atoms with E-state index in [4.69, 9.17) is 0 Å². The van der Waals surface area contributed by atoms with Gasteiger partial charge < -0.3 is 10.6 Å². The van der Waals surface area contributed by atoms with E-state index < -0.39 is 17.2 Å². The van der Waals surface area contributed by atoms with Crippen molar-refractivity contribution in [3.05, 3.63) is 0 Å². The van der Waals surface area contributed by atoms with E-state index in [9.17, 15) is 18.0 Å². The summed E-state index contributed by atoms with van der Waals surface area (Å²) in [6, 6.07) is 0. The highest BCUT2D eigenvalue weighted by Gasteiger charge is 2.29. The highest BCUT2D eigenvalue weighted by Crippen LogP contribution is 2.29. The first kappa shape index (κ1) is 15.9. The number of nitrogens with one attached hydrogen (secondary N) is 2. The van der Waals surface area contributed by atoms with Crippen molar-refractivity contribution >= 4 is 30.1 Å². The summed E-state index contributed by atoms with van der Waals surface area (Å²) in [7, 11) is 0. The minimum absolute atomic E-state index is 0. The fourth-order valence-electron chi connectivity index (χ4n) is 1.35. The molecule has 3 nitrogen and oxygen atoms in total. The summed E-state index contributed by atoms with van der Waals surface area (Å²) >= 11 is -0.304. The monoisotopic (exact) mass is 278 g/mol. The molecular weight excluding hydrogens is 265 g/mol. The molecule has 0 saturated carbocycles. The number of hydrogen-bond donors (Lipinski definition) is 2. The molecular formula is C8H14ClF3N2OS. The normalized spacial score (nSPS) is 20.3. The molecule has 1 saturated heterocycles. The topological polar surface area (TPSA) is 41.1 Å². The van der Waals surface area contributed by atoms with Gasteiger partial charge in [-0.2, -0.15) is 13.2 Å². The van der Waals surface area contributed by atoms with E-state index in [0.717, 1.165) is 19.5 Å². The molecule has 1 aliphatic rings. The smallest absolute Gasteiger partial charge is 0.355 e. The molecule has 1 fully saturated rings. The maximum Gasteiger partial charge on any atom is 0.442 e. The van der Waals surface area contributed by atoms with Crippen LogP contribution in [0, 0.1) is 5.92 Å². The predicted octanol–water partition coefficient (Wildman–Crippen LogP) is 1.39. The van der Waals surface area contributed by atoms with Gasteiger partial charge in [-0.15, -0.1) is 12.4 Å². The van der Waals surface area contributed by atoms with Gasteiger partial charge in [0.15, 0.2) is 0 Å². The number of alkyl halides is 3. The number of hydrogen-bond acceptors (Lipinski definition) is 3. The molecule has 0 aromatic rings. The number of carbonyl (C=O) groups is 1. The van der Waals surface area contributed by atoms with Crippen molar-refractivity contribution in [3.8, 4) is 0 Å². The minimum Gasteiger partial charge on any atom is -0.355 e. The van der Waals surface area contributed by atoms with Crippen LogP contribution in [-0.2, 0) is 4.79 Å². The first-order valence-corrected chi connectivity index (χ1v) is 5.64. The van der Waals surface area contributed by atoms with Gasteiger partial charge in [-0.25, -0.2) is 0 Å². The fraction of sp³-hybridized carbons (Fsp3) is 0.875. The van der Waals surface area contributed by atoms with Crippen molar-refractivity contribution in [1.29, 1.82) is 0 Å². The summed E-state index contributed by atoms with van der Waals surface area (Å²) in [6.07, 6.45) is 0.965. The Morgan fingerprint density at radius 2 is 2.19 bits per heavy atom. The van der Waals surface area contributed by atoms with Crippen LogP contribution >= 0.6 is 24.2 Å². The van der Waals surface area contributed by atoms with E-state index in [1.807, 2.05) is 0 Å². The lowest BCUT2D eigenvalue weighted by Crippen LogP contribution is -2.32.